The molecule has 7 heteroatoms. The summed E-state index contributed by atoms with van der Waals surface area (Å²) in [5.41, 5.74) is 2.25. The molecule has 0 aliphatic heterocycles. The Hall–Kier alpha value is -2.96. The number of pyridine rings is 1. The zero-order valence-corrected chi connectivity index (χ0v) is 15.8. The quantitative estimate of drug-likeness (QED) is 0.604. The average Bonchev–Trinajstić information content (AvgIpc) is 3.12. The van der Waals surface area contributed by atoms with Gasteiger partial charge in [0, 0.05) is 29.3 Å². The lowest BCUT2D eigenvalue weighted by Crippen LogP contribution is -2.41. The summed E-state index contributed by atoms with van der Waals surface area (Å²) in [6.45, 7) is 2.07. The van der Waals surface area contributed by atoms with Crippen molar-refractivity contribution in [2.45, 2.75) is 45.1 Å². The standard InChI is InChI=1S/C21H24FN5O/c1-13(14-5-3-2-4-6-14)24-21(28)25-19-11-18-17(12-23-19)20(27-26-18)15-7-9-16(22)10-8-15/h7-14H,2-6H2,1H3,(H,26,27)(H2,23,24,25,28)/t13-/m1/s1. The van der Waals surface area contributed by atoms with Crippen LogP contribution < -0.4 is 10.6 Å². The predicted molar refractivity (Wildman–Crippen MR) is 107 cm³/mol. The van der Waals surface area contributed by atoms with E-state index in [1.165, 1.54) is 44.2 Å². The van der Waals surface area contributed by atoms with E-state index in [1.54, 1.807) is 24.4 Å². The highest BCUT2D eigenvalue weighted by atomic mass is 19.1. The Morgan fingerprint density at radius 1 is 1.21 bits per heavy atom. The van der Waals surface area contributed by atoms with E-state index in [1.807, 2.05) is 0 Å². The van der Waals surface area contributed by atoms with Crippen molar-refractivity contribution >= 4 is 22.8 Å². The normalized spacial score (nSPS) is 16.1. The minimum absolute atomic E-state index is 0.140. The predicted octanol–water partition coefficient (Wildman–Crippen LogP) is 4.85. The number of halogens is 1. The Kier molecular flexibility index (Phi) is 5.23. The highest BCUT2D eigenvalue weighted by molar-refractivity contribution is 5.95. The average molecular weight is 381 g/mol. The van der Waals surface area contributed by atoms with E-state index >= 15 is 0 Å². The zero-order valence-electron chi connectivity index (χ0n) is 15.8. The molecule has 1 aliphatic carbocycles. The number of fused-ring (bicyclic) bond motifs is 1. The SMILES string of the molecule is C[C@@H](NC(=O)Nc1cc2[nH]nc(-c3ccc(F)cc3)c2cn1)C1CCCCC1. The summed E-state index contributed by atoms with van der Waals surface area (Å²) in [5.74, 6) is 0.706. The van der Waals surface area contributed by atoms with Crippen LogP contribution in [-0.4, -0.2) is 27.3 Å². The lowest BCUT2D eigenvalue weighted by atomic mass is 9.85. The Morgan fingerprint density at radius 3 is 2.71 bits per heavy atom. The van der Waals surface area contributed by atoms with Gasteiger partial charge in [-0.05, 0) is 49.9 Å². The number of aromatic amines is 1. The maximum absolute atomic E-state index is 13.1. The van der Waals surface area contributed by atoms with E-state index in [0.717, 1.165) is 16.5 Å². The number of carbonyl (C=O) groups is 1. The molecule has 3 aromatic rings. The van der Waals surface area contributed by atoms with Crippen LogP contribution in [0.25, 0.3) is 22.2 Å². The Balaban J connectivity index is 1.44. The molecular weight excluding hydrogens is 357 g/mol. The second-order valence-electron chi connectivity index (χ2n) is 7.48. The summed E-state index contributed by atoms with van der Waals surface area (Å²) < 4.78 is 13.1. The summed E-state index contributed by atoms with van der Waals surface area (Å²) in [4.78, 5) is 16.7. The number of carbonyl (C=O) groups excluding carboxylic acids is 1. The van der Waals surface area contributed by atoms with Crippen LogP contribution in [-0.2, 0) is 0 Å². The molecule has 28 heavy (non-hydrogen) atoms. The van der Waals surface area contributed by atoms with Crippen LogP contribution >= 0.6 is 0 Å². The van der Waals surface area contributed by atoms with Crippen molar-refractivity contribution in [3.8, 4) is 11.3 Å². The van der Waals surface area contributed by atoms with Gasteiger partial charge in [0.25, 0.3) is 0 Å². The smallest absolute Gasteiger partial charge is 0.320 e. The molecule has 1 fully saturated rings. The monoisotopic (exact) mass is 381 g/mol. The molecule has 2 aromatic heterocycles. The van der Waals surface area contributed by atoms with Gasteiger partial charge < -0.3 is 5.32 Å². The summed E-state index contributed by atoms with van der Waals surface area (Å²) in [5, 5.41) is 13.9. The van der Waals surface area contributed by atoms with Gasteiger partial charge in [-0.3, -0.25) is 10.4 Å². The van der Waals surface area contributed by atoms with Gasteiger partial charge in [-0.1, -0.05) is 19.3 Å². The van der Waals surface area contributed by atoms with Crippen molar-refractivity contribution in [2.75, 3.05) is 5.32 Å². The molecule has 4 rings (SSSR count). The fraction of sp³-hybridized carbons (Fsp3) is 0.381. The Labute approximate surface area is 162 Å². The van der Waals surface area contributed by atoms with Crippen LogP contribution in [0.15, 0.2) is 36.5 Å². The number of amides is 2. The lowest BCUT2D eigenvalue weighted by molar-refractivity contribution is 0.235. The van der Waals surface area contributed by atoms with Crippen molar-refractivity contribution in [3.63, 3.8) is 0 Å². The van der Waals surface area contributed by atoms with Crippen molar-refractivity contribution in [3.05, 3.63) is 42.3 Å². The fourth-order valence-corrected chi connectivity index (χ4v) is 3.92. The van der Waals surface area contributed by atoms with E-state index in [2.05, 4.69) is 32.7 Å². The number of rotatable bonds is 4. The van der Waals surface area contributed by atoms with Gasteiger partial charge in [0.1, 0.15) is 17.3 Å². The summed E-state index contributed by atoms with van der Waals surface area (Å²) in [6.07, 6.45) is 7.79. The van der Waals surface area contributed by atoms with Crippen LogP contribution in [0.3, 0.4) is 0 Å². The van der Waals surface area contributed by atoms with E-state index in [4.69, 9.17) is 0 Å². The molecule has 3 N–H and O–H groups in total. The molecule has 2 heterocycles. The molecule has 1 atom stereocenters. The molecular formula is C21H24FN5O. The first-order chi connectivity index (χ1) is 13.6. The molecule has 1 saturated carbocycles. The van der Waals surface area contributed by atoms with Crippen LogP contribution in [0.1, 0.15) is 39.0 Å². The molecule has 6 nitrogen and oxygen atoms in total. The van der Waals surface area contributed by atoms with E-state index in [-0.39, 0.29) is 17.9 Å². The van der Waals surface area contributed by atoms with E-state index in [9.17, 15) is 9.18 Å². The van der Waals surface area contributed by atoms with E-state index in [0.29, 0.717) is 17.4 Å². The number of H-pyrrole nitrogens is 1. The highest BCUT2D eigenvalue weighted by Crippen LogP contribution is 2.28. The molecule has 0 bridgehead atoms. The van der Waals surface area contributed by atoms with Crippen LogP contribution in [0.4, 0.5) is 15.0 Å². The van der Waals surface area contributed by atoms with Gasteiger partial charge in [-0.15, -0.1) is 0 Å². The Bertz CT molecular complexity index is 963. The van der Waals surface area contributed by atoms with Crippen molar-refractivity contribution < 1.29 is 9.18 Å². The number of nitrogens with zero attached hydrogens (tertiary/aromatic N) is 2. The third-order valence-corrected chi connectivity index (χ3v) is 5.52. The fourth-order valence-electron chi connectivity index (χ4n) is 3.92. The number of hydrogen-bond acceptors (Lipinski definition) is 3. The van der Waals surface area contributed by atoms with Crippen molar-refractivity contribution in [1.29, 1.82) is 0 Å². The first kappa shape index (κ1) is 18.4. The zero-order chi connectivity index (χ0) is 19.5. The number of benzene rings is 1. The van der Waals surface area contributed by atoms with Crippen molar-refractivity contribution in [1.82, 2.24) is 20.5 Å². The number of urea groups is 1. The molecule has 146 valence electrons. The first-order valence-electron chi connectivity index (χ1n) is 9.78. The summed E-state index contributed by atoms with van der Waals surface area (Å²) >= 11 is 0. The molecule has 2 amide bonds. The number of aromatic nitrogens is 3. The summed E-state index contributed by atoms with van der Waals surface area (Å²) in [6, 6.07) is 7.80. The van der Waals surface area contributed by atoms with Crippen LogP contribution in [0, 0.1) is 11.7 Å². The molecule has 1 aliphatic rings. The lowest BCUT2D eigenvalue weighted by Gasteiger charge is -2.28. The summed E-state index contributed by atoms with van der Waals surface area (Å²) in [7, 11) is 0. The number of hydrogen-bond donors (Lipinski definition) is 3. The maximum Gasteiger partial charge on any atom is 0.320 e. The van der Waals surface area contributed by atoms with Gasteiger partial charge >= 0.3 is 6.03 Å². The maximum atomic E-state index is 13.1. The topological polar surface area (TPSA) is 82.7 Å². The highest BCUT2D eigenvalue weighted by Gasteiger charge is 2.21. The number of anilines is 1. The third kappa shape index (κ3) is 3.98. The number of nitrogens with one attached hydrogen (secondary N) is 3. The molecule has 1 aromatic carbocycles. The molecule has 0 saturated heterocycles. The van der Waals surface area contributed by atoms with Crippen LogP contribution in [0.5, 0.6) is 0 Å². The van der Waals surface area contributed by atoms with E-state index < -0.39 is 0 Å². The minimum Gasteiger partial charge on any atom is -0.335 e. The molecule has 0 unspecified atom stereocenters. The largest absolute Gasteiger partial charge is 0.335 e. The Morgan fingerprint density at radius 2 is 1.96 bits per heavy atom. The van der Waals surface area contributed by atoms with Gasteiger partial charge in [-0.2, -0.15) is 5.10 Å². The minimum atomic E-state index is -0.290. The molecule has 0 spiro atoms. The second kappa shape index (κ2) is 7.96. The van der Waals surface area contributed by atoms with Gasteiger partial charge in [0.05, 0.1) is 5.52 Å². The van der Waals surface area contributed by atoms with Crippen LogP contribution in [0.2, 0.25) is 0 Å². The van der Waals surface area contributed by atoms with Gasteiger partial charge in [0.2, 0.25) is 0 Å². The second-order valence-corrected chi connectivity index (χ2v) is 7.48. The van der Waals surface area contributed by atoms with Crippen molar-refractivity contribution in [2.24, 2.45) is 5.92 Å². The third-order valence-electron chi connectivity index (χ3n) is 5.52. The molecule has 0 radical (unpaired) electrons. The van der Waals surface area contributed by atoms with Gasteiger partial charge in [-0.25, -0.2) is 14.2 Å². The van der Waals surface area contributed by atoms with Gasteiger partial charge in [0.15, 0.2) is 0 Å². The first-order valence-corrected chi connectivity index (χ1v) is 9.78.